The van der Waals surface area contributed by atoms with Crippen LogP contribution in [0.4, 0.5) is 4.79 Å². The van der Waals surface area contributed by atoms with Gasteiger partial charge in [-0.25, -0.2) is 14.8 Å². The Morgan fingerprint density at radius 1 is 1.12 bits per heavy atom. The zero-order valence-electron chi connectivity index (χ0n) is 23.5. The van der Waals surface area contributed by atoms with Crippen LogP contribution in [-0.2, 0) is 20.9 Å². The number of nitrogens with one attached hydrogen (secondary N) is 1. The number of carboxylic acids is 1. The minimum atomic E-state index is -1.13. The molecule has 3 aromatic rings. The second kappa shape index (κ2) is 13.8. The van der Waals surface area contributed by atoms with E-state index in [0.29, 0.717) is 21.7 Å². The molecule has 1 atom stereocenters. The van der Waals surface area contributed by atoms with Crippen LogP contribution >= 0.6 is 22.9 Å². The molecule has 1 fully saturated rings. The summed E-state index contributed by atoms with van der Waals surface area (Å²) in [6.07, 6.45) is -0.922. The molecule has 1 aliphatic heterocycles. The van der Waals surface area contributed by atoms with Crippen LogP contribution in [0.5, 0.6) is 5.75 Å². The van der Waals surface area contributed by atoms with Gasteiger partial charge in [-0.15, -0.1) is 11.3 Å². The first-order valence-electron chi connectivity index (χ1n) is 13.4. The molecule has 3 amide bonds. The lowest BCUT2D eigenvalue weighted by Crippen LogP contribution is -2.56. The van der Waals surface area contributed by atoms with Crippen molar-refractivity contribution in [1.82, 2.24) is 25.1 Å². The fraction of sp³-hybridized carbons (Fsp3) is 0.429. The Kier molecular flexibility index (Phi) is 10.2. The Labute approximate surface area is 251 Å². The van der Waals surface area contributed by atoms with E-state index in [1.54, 1.807) is 6.92 Å². The van der Waals surface area contributed by atoms with Crippen molar-refractivity contribution in [3.8, 4) is 5.75 Å². The van der Waals surface area contributed by atoms with Crippen LogP contribution in [0, 0.1) is 13.8 Å². The first-order chi connectivity index (χ1) is 20.1. The van der Waals surface area contributed by atoms with E-state index >= 15 is 0 Å². The normalized spacial score (nSPS) is 14.0. The molecule has 0 aliphatic carbocycles. The zero-order valence-corrected chi connectivity index (χ0v) is 25.1. The summed E-state index contributed by atoms with van der Waals surface area (Å²) in [4.78, 5) is 62.2. The van der Waals surface area contributed by atoms with E-state index in [4.69, 9.17) is 21.1 Å². The Hall–Kier alpha value is -3.97. The van der Waals surface area contributed by atoms with E-state index in [9.17, 15) is 24.3 Å². The predicted molar refractivity (Wildman–Crippen MR) is 156 cm³/mol. The maximum Gasteiger partial charge on any atom is 0.409 e. The summed E-state index contributed by atoms with van der Waals surface area (Å²) in [7, 11) is 0. The molecule has 1 saturated heterocycles. The third-order valence-electron chi connectivity index (χ3n) is 6.72. The van der Waals surface area contributed by atoms with Gasteiger partial charge in [0, 0.05) is 49.4 Å². The van der Waals surface area contributed by atoms with Gasteiger partial charge >= 0.3 is 12.1 Å². The van der Waals surface area contributed by atoms with Crippen molar-refractivity contribution in [2.75, 3.05) is 32.8 Å². The lowest BCUT2D eigenvalue weighted by atomic mass is 10.1. The van der Waals surface area contributed by atoms with Gasteiger partial charge in [-0.1, -0.05) is 17.7 Å². The summed E-state index contributed by atoms with van der Waals surface area (Å²) < 4.78 is 11.1. The Morgan fingerprint density at radius 2 is 1.83 bits per heavy atom. The van der Waals surface area contributed by atoms with Crippen LogP contribution in [-0.4, -0.2) is 87.6 Å². The van der Waals surface area contributed by atoms with Crippen molar-refractivity contribution in [3.63, 3.8) is 0 Å². The van der Waals surface area contributed by atoms with Crippen molar-refractivity contribution in [3.05, 3.63) is 50.6 Å². The van der Waals surface area contributed by atoms with Gasteiger partial charge in [-0.05, 0) is 38.8 Å². The summed E-state index contributed by atoms with van der Waals surface area (Å²) >= 11 is 8.06. The number of aromatic nitrogens is 2. The van der Waals surface area contributed by atoms with Crippen LogP contribution in [0.1, 0.15) is 46.5 Å². The number of benzene rings is 1. The average molecular weight is 618 g/mol. The minimum Gasteiger partial charge on any atom is -0.486 e. The van der Waals surface area contributed by atoms with Gasteiger partial charge in [-0.2, -0.15) is 0 Å². The number of fused-ring (bicyclic) bond motifs is 1. The Bertz CT molecular complexity index is 1490. The number of pyridine rings is 1. The van der Waals surface area contributed by atoms with E-state index in [-0.39, 0.29) is 57.9 Å². The van der Waals surface area contributed by atoms with Crippen LogP contribution in [0.2, 0.25) is 5.02 Å². The number of aliphatic carboxylic acids is 1. The third kappa shape index (κ3) is 7.45. The highest BCUT2D eigenvalue weighted by molar-refractivity contribution is 7.09. The van der Waals surface area contributed by atoms with Crippen molar-refractivity contribution in [2.24, 2.45) is 0 Å². The molecule has 1 aliphatic rings. The van der Waals surface area contributed by atoms with Crippen molar-refractivity contribution < 1.29 is 33.8 Å². The molecule has 2 N–H and O–H groups in total. The number of carbonyl (C=O) groups excluding carboxylic acids is 3. The quantitative estimate of drug-likeness (QED) is 0.346. The molecular formula is C28H32ClN5O7S. The highest BCUT2D eigenvalue weighted by Gasteiger charge is 2.31. The molecule has 0 spiro atoms. The van der Waals surface area contributed by atoms with Gasteiger partial charge < -0.3 is 29.7 Å². The Morgan fingerprint density at radius 3 is 2.48 bits per heavy atom. The van der Waals surface area contributed by atoms with Gasteiger partial charge in [0.1, 0.15) is 24.1 Å². The van der Waals surface area contributed by atoms with Crippen LogP contribution in [0.15, 0.2) is 23.6 Å². The van der Waals surface area contributed by atoms with E-state index < -0.39 is 29.9 Å². The van der Waals surface area contributed by atoms with Gasteiger partial charge in [0.05, 0.1) is 27.8 Å². The monoisotopic (exact) mass is 617 g/mol. The van der Waals surface area contributed by atoms with E-state index in [1.165, 1.54) is 27.2 Å². The Balaban J connectivity index is 1.56. The molecule has 1 aromatic carbocycles. The number of rotatable bonds is 10. The molecule has 0 bridgehead atoms. The van der Waals surface area contributed by atoms with Gasteiger partial charge in [0.2, 0.25) is 5.91 Å². The standard InChI is InChI=1S/C28H32ClN5O7S/c1-4-40-28(39)34-11-9-33(10-12-34)27(38)20(7-8-23(35)36)32-26(37)21-13-22(41-14-18-15-42-17(3)30-18)19-6-5-16(2)24(29)25(19)31-21/h5-6,13,15,20H,4,7-12,14H2,1-3H3,(H,32,37)(H,35,36). The number of carbonyl (C=O) groups is 4. The highest BCUT2D eigenvalue weighted by Crippen LogP contribution is 2.33. The zero-order chi connectivity index (χ0) is 30.4. The molecule has 12 nitrogen and oxygen atoms in total. The number of aryl methyl sites for hydroxylation is 2. The second-order valence-electron chi connectivity index (χ2n) is 9.71. The van der Waals surface area contributed by atoms with Crippen LogP contribution < -0.4 is 10.1 Å². The largest absolute Gasteiger partial charge is 0.486 e. The van der Waals surface area contributed by atoms with Crippen LogP contribution in [0.25, 0.3) is 10.9 Å². The molecule has 42 heavy (non-hydrogen) atoms. The van der Waals surface area contributed by atoms with Gasteiger partial charge in [0.15, 0.2) is 0 Å². The lowest BCUT2D eigenvalue weighted by molar-refractivity contribution is -0.138. The molecule has 2 aromatic heterocycles. The molecule has 0 saturated carbocycles. The third-order valence-corrected chi connectivity index (χ3v) is 8.02. The van der Waals surface area contributed by atoms with Crippen molar-refractivity contribution in [2.45, 2.75) is 46.3 Å². The number of piperazine rings is 1. The number of carboxylic acid groups (broad SMARTS) is 1. The summed E-state index contributed by atoms with van der Waals surface area (Å²) in [6, 6.07) is 3.98. The summed E-state index contributed by atoms with van der Waals surface area (Å²) in [5, 5.41) is 15.7. The number of halogens is 1. The molecule has 224 valence electrons. The summed E-state index contributed by atoms with van der Waals surface area (Å²) in [5.74, 6) is -1.87. The van der Waals surface area contributed by atoms with Crippen molar-refractivity contribution in [1.29, 1.82) is 0 Å². The number of ether oxygens (including phenoxy) is 2. The number of hydrogen-bond donors (Lipinski definition) is 2. The second-order valence-corrected chi connectivity index (χ2v) is 11.2. The topological polar surface area (TPSA) is 151 Å². The molecular weight excluding hydrogens is 586 g/mol. The molecule has 14 heteroatoms. The molecule has 0 radical (unpaired) electrons. The number of hydrogen-bond acceptors (Lipinski definition) is 9. The predicted octanol–water partition coefficient (Wildman–Crippen LogP) is 3.80. The van der Waals surface area contributed by atoms with Gasteiger partial charge in [0.25, 0.3) is 5.91 Å². The number of nitrogens with zero attached hydrogens (tertiary/aromatic N) is 4. The fourth-order valence-corrected chi connectivity index (χ4v) is 5.30. The van der Waals surface area contributed by atoms with E-state index in [2.05, 4.69) is 15.3 Å². The molecule has 3 heterocycles. The first kappa shape index (κ1) is 31.0. The van der Waals surface area contributed by atoms with Crippen LogP contribution in [0.3, 0.4) is 0 Å². The van der Waals surface area contributed by atoms with Crippen molar-refractivity contribution >= 4 is 57.7 Å². The highest BCUT2D eigenvalue weighted by atomic mass is 35.5. The van der Waals surface area contributed by atoms with E-state index in [0.717, 1.165) is 16.3 Å². The first-order valence-corrected chi connectivity index (χ1v) is 14.7. The number of amides is 3. The maximum atomic E-state index is 13.5. The van der Waals surface area contributed by atoms with Gasteiger partial charge in [-0.3, -0.25) is 14.4 Å². The SMILES string of the molecule is CCOC(=O)N1CCN(C(=O)C(CCC(=O)O)NC(=O)c2cc(OCc3csc(C)n3)c3ccc(C)c(Cl)c3n2)CC1. The summed E-state index contributed by atoms with van der Waals surface area (Å²) in [5.41, 5.74) is 1.80. The minimum absolute atomic E-state index is 0.0419. The lowest BCUT2D eigenvalue weighted by Gasteiger charge is -2.35. The van der Waals surface area contributed by atoms with E-state index in [1.807, 2.05) is 31.4 Å². The average Bonchev–Trinajstić information content (AvgIpc) is 3.40. The summed E-state index contributed by atoms with van der Waals surface area (Å²) in [6.45, 7) is 6.77. The fourth-order valence-electron chi connectivity index (χ4n) is 4.49. The molecule has 1 unspecified atom stereocenters. The smallest absolute Gasteiger partial charge is 0.409 e. The maximum absolute atomic E-state index is 13.5. The molecule has 4 rings (SSSR count). The number of thiazole rings is 1.